The molecule has 0 saturated carbocycles. The van der Waals surface area contributed by atoms with Crippen molar-refractivity contribution >= 4 is 29.0 Å². The van der Waals surface area contributed by atoms with Crippen molar-refractivity contribution in [2.75, 3.05) is 10.6 Å². The molecule has 4 rings (SSSR count). The van der Waals surface area contributed by atoms with E-state index in [0.717, 1.165) is 17.8 Å². The van der Waals surface area contributed by atoms with Crippen molar-refractivity contribution in [3.63, 3.8) is 0 Å². The molecule has 32 heavy (non-hydrogen) atoms. The summed E-state index contributed by atoms with van der Waals surface area (Å²) < 4.78 is 40.0. The number of hydrogen-bond acceptors (Lipinski definition) is 5. The van der Waals surface area contributed by atoms with Gasteiger partial charge in [0.2, 0.25) is 5.82 Å². The Hall–Kier alpha value is -4.28. The number of carbonyl (C=O) groups is 2. The van der Waals surface area contributed by atoms with Crippen molar-refractivity contribution in [1.29, 1.82) is 0 Å². The Morgan fingerprint density at radius 1 is 0.938 bits per heavy atom. The number of alkyl halides is 3. The molecule has 0 saturated heterocycles. The van der Waals surface area contributed by atoms with E-state index in [1.807, 2.05) is 0 Å². The minimum Gasteiger partial charge on any atom is -0.322 e. The van der Waals surface area contributed by atoms with Gasteiger partial charge >= 0.3 is 6.18 Å². The Kier molecular flexibility index (Phi) is 5.31. The highest BCUT2D eigenvalue weighted by atomic mass is 19.4. The molecule has 2 aromatic carbocycles. The smallest absolute Gasteiger partial charge is 0.322 e. The summed E-state index contributed by atoms with van der Waals surface area (Å²) in [6.07, 6.45) is -2.97. The number of nitrogens with zero attached hydrogens (tertiary/aromatic N) is 4. The second-order valence-corrected chi connectivity index (χ2v) is 6.80. The van der Waals surface area contributed by atoms with Crippen molar-refractivity contribution in [3.05, 3.63) is 83.4 Å². The molecule has 0 aliphatic rings. The molecule has 0 bridgehead atoms. The van der Waals surface area contributed by atoms with Crippen LogP contribution in [0.2, 0.25) is 0 Å². The summed E-state index contributed by atoms with van der Waals surface area (Å²) in [4.78, 5) is 33.1. The van der Waals surface area contributed by atoms with E-state index in [4.69, 9.17) is 0 Å². The molecule has 8 nitrogen and oxygen atoms in total. The molecule has 0 unspecified atom stereocenters. The number of carbonyl (C=O) groups excluding carboxylic acids is 2. The van der Waals surface area contributed by atoms with Gasteiger partial charge in [0.15, 0.2) is 0 Å². The third kappa shape index (κ3) is 4.41. The van der Waals surface area contributed by atoms with Crippen molar-refractivity contribution in [2.24, 2.45) is 0 Å². The van der Waals surface area contributed by atoms with E-state index in [2.05, 4.69) is 25.7 Å². The molecule has 2 aromatic heterocycles. The van der Waals surface area contributed by atoms with Gasteiger partial charge in [0, 0.05) is 28.8 Å². The van der Waals surface area contributed by atoms with E-state index >= 15 is 0 Å². The van der Waals surface area contributed by atoms with Crippen LogP contribution >= 0.6 is 0 Å². The quantitative estimate of drug-likeness (QED) is 0.500. The summed E-state index contributed by atoms with van der Waals surface area (Å²) in [7, 11) is 0. The Balaban J connectivity index is 1.50. The molecule has 2 N–H and O–H groups in total. The molecule has 4 aromatic rings. The standard InChI is InChI=1S/C21H15F3N6O2/c1-12-8-9-25-20-28-17(29-30(12)20)19(32)27-15-6-2-4-13(10-15)18(31)26-16-7-3-5-14(11-16)21(22,23)24/h2-11H,1H3,(H,26,31)(H,27,32). The fraction of sp³-hybridized carbons (Fsp3) is 0.0952. The van der Waals surface area contributed by atoms with Gasteiger partial charge in [-0.05, 0) is 49.4 Å². The predicted molar refractivity (Wildman–Crippen MR) is 109 cm³/mol. The monoisotopic (exact) mass is 440 g/mol. The number of rotatable bonds is 4. The topological polar surface area (TPSA) is 101 Å². The molecule has 162 valence electrons. The van der Waals surface area contributed by atoms with E-state index < -0.39 is 23.6 Å². The maximum absolute atomic E-state index is 12.9. The molecule has 0 aliphatic carbocycles. The van der Waals surface area contributed by atoms with Crippen molar-refractivity contribution < 1.29 is 22.8 Å². The Morgan fingerprint density at radius 2 is 1.62 bits per heavy atom. The molecule has 2 heterocycles. The van der Waals surface area contributed by atoms with Gasteiger partial charge < -0.3 is 10.6 Å². The molecule has 11 heteroatoms. The van der Waals surface area contributed by atoms with E-state index in [1.54, 1.807) is 25.3 Å². The molecule has 0 spiro atoms. The van der Waals surface area contributed by atoms with E-state index in [9.17, 15) is 22.8 Å². The maximum Gasteiger partial charge on any atom is 0.416 e. The normalized spacial score (nSPS) is 11.4. The van der Waals surface area contributed by atoms with E-state index in [0.29, 0.717) is 0 Å². The number of halogens is 3. The van der Waals surface area contributed by atoms with Crippen LogP contribution in [0.25, 0.3) is 5.78 Å². The van der Waals surface area contributed by atoms with Crippen LogP contribution in [0.5, 0.6) is 0 Å². The second-order valence-electron chi connectivity index (χ2n) is 6.80. The number of amides is 2. The first-order chi connectivity index (χ1) is 15.2. The van der Waals surface area contributed by atoms with Gasteiger partial charge in [-0.2, -0.15) is 18.2 Å². The van der Waals surface area contributed by atoms with Gasteiger partial charge in [0.1, 0.15) is 0 Å². The van der Waals surface area contributed by atoms with Crippen LogP contribution in [0.15, 0.2) is 60.8 Å². The van der Waals surface area contributed by atoms with Gasteiger partial charge in [-0.3, -0.25) is 9.59 Å². The zero-order valence-electron chi connectivity index (χ0n) is 16.5. The lowest BCUT2D eigenvalue weighted by molar-refractivity contribution is -0.137. The van der Waals surface area contributed by atoms with Crippen LogP contribution in [-0.2, 0) is 6.18 Å². The summed E-state index contributed by atoms with van der Waals surface area (Å²) in [5.74, 6) is -1.08. The lowest BCUT2D eigenvalue weighted by Gasteiger charge is -2.10. The first-order valence-corrected chi connectivity index (χ1v) is 9.29. The van der Waals surface area contributed by atoms with Crippen LogP contribution in [0.1, 0.15) is 32.2 Å². The Morgan fingerprint density at radius 3 is 2.34 bits per heavy atom. The predicted octanol–water partition coefficient (Wildman–Crippen LogP) is 3.96. The molecule has 2 amide bonds. The first kappa shape index (κ1) is 21.0. The Bertz CT molecular complexity index is 1330. The van der Waals surface area contributed by atoms with Crippen molar-refractivity contribution in [1.82, 2.24) is 19.6 Å². The van der Waals surface area contributed by atoms with Crippen molar-refractivity contribution in [2.45, 2.75) is 13.1 Å². The van der Waals surface area contributed by atoms with E-state index in [1.165, 1.54) is 34.8 Å². The second kappa shape index (κ2) is 8.10. The highest BCUT2D eigenvalue weighted by Crippen LogP contribution is 2.30. The average Bonchev–Trinajstić information content (AvgIpc) is 3.20. The van der Waals surface area contributed by atoms with Crippen LogP contribution in [0, 0.1) is 6.92 Å². The number of anilines is 2. The third-order valence-corrected chi connectivity index (χ3v) is 4.46. The van der Waals surface area contributed by atoms with Gasteiger partial charge in [-0.25, -0.2) is 9.50 Å². The third-order valence-electron chi connectivity index (χ3n) is 4.46. The fourth-order valence-electron chi connectivity index (χ4n) is 2.90. The zero-order chi connectivity index (χ0) is 22.9. The van der Waals surface area contributed by atoms with Crippen LogP contribution in [-0.4, -0.2) is 31.4 Å². The first-order valence-electron chi connectivity index (χ1n) is 9.29. The Labute approximate surface area is 179 Å². The lowest BCUT2D eigenvalue weighted by Crippen LogP contribution is -2.16. The van der Waals surface area contributed by atoms with Gasteiger partial charge in [0.25, 0.3) is 17.6 Å². The molecule has 0 fully saturated rings. The van der Waals surface area contributed by atoms with Gasteiger partial charge in [-0.15, -0.1) is 5.10 Å². The number of aromatic nitrogens is 4. The molecule has 0 aliphatic heterocycles. The summed E-state index contributed by atoms with van der Waals surface area (Å²) >= 11 is 0. The van der Waals surface area contributed by atoms with Gasteiger partial charge in [-0.1, -0.05) is 12.1 Å². The minimum atomic E-state index is -4.52. The number of fused-ring (bicyclic) bond motifs is 1. The average molecular weight is 440 g/mol. The summed E-state index contributed by atoms with van der Waals surface area (Å²) in [5, 5.41) is 9.12. The SMILES string of the molecule is Cc1ccnc2nc(C(=O)Nc3cccc(C(=O)Nc4cccc(C(F)(F)F)c4)c3)nn12. The minimum absolute atomic E-state index is 0.00367. The maximum atomic E-state index is 12.9. The lowest BCUT2D eigenvalue weighted by atomic mass is 10.1. The zero-order valence-corrected chi connectivity index (χ0v) is 16.5. The summed E-state index contributed by atoms with van der Waals surface area (Å²) in [6, 6.07) is 12.0. The molecular weight excluding hydrogens is 425 g/mol. The molecule has 0 radical (unpaired) electrons. The number of nitrogens with one attached hydrogen (secondary N) is 2. The molecule has 0 atom stereocenters. The van der Waals surface area contributed by atoms with Crippen LogP contribution in [0.4, 0.5) is 24.5 Å². The molecular formula is C21H15F3N6O2. The summed E-state index contributed by atoms with van der Waals surface area (Å²) in [6.45, 7) is 1.79. The highest BCUT2D eigenvalue weighted by molar-refractivity contribution is 6.06. The largest absolute Gasteiger partial charge is 0.416 e. The summed E-state index contributed by atoms with van der Waals surface area (Å²) in [5.41, 5.74) is 0.294. The number of aryl methyl sites for hydroxylation is 1. The van der Waals surface area contributed by atoms with Crippen LogP contribution in [0.3, 0.4) is 0 Å². The number of benzene rings is 2. The number of hydrogen-bond donors (Lipinski definition) is 2. The van der Waals surface area contributed by atoms with Gasteiger partial charge in [0.05, 0.1) is 5.56 Å². The van der Waals surface area contributed by atoms with Crippen molar-refractivity contribution in [3.8, 4) is 0 Å². The fourth-order valence-corrected chi connectivity index (χ4v) is 2.90. The highest BCUT2D eigenvalue weighted by Gasteiger charge is 2.30. The van der Waals surface area contributed by atoms with E-state index in [-0.39, 0.29) is 28.5 Å². The van der Waals surface area contributed by atoms with Crippen LogP contribution < -0.4 is 10.6 Å².